The van der Waals surface area contributed by atoms with Crippen LogP contribution in [0.25, 0.3) is 105 Å². The molecule has 50 heavy (non-hydrogen) atoms. The highest BCUT2D eigenvalue weighted by Gasteiger charge is 2.20. The summed E-state index contributed by atoms with van der Waals surface area (Å²) in [5.41, 5.74) is 11.4. The van der Waals surface area contributed by atoms with Gasteiger partial charge in [-0.2, -0.15) is 0 Å². The third-order valence-corrected chi connectivity index (χ3v) is 10.7. The number of hydrogen-bond donors (Lipinski definition) is 0. The molecule has 0 unspecified atom stereocenters. The van der Waals surface area contributed by atoms with Crippen molar-refractivity contribution < 1.29 is 8.83 Å². The minimum absolute atomic E-state index is 0.903. The van der Waals surface area contributed by atoms with Gasteiger partial charge in [0.25, 0.3) is 0 Å². The monoisotopic (exact) mass is 638 g/mol. The van der Waals surface area contributed by atoms with Gasteiger partial charge < -0.3 is 8.83 Å². The Morgan fingerprint density at radius 2 is 0.920 bits per heavy atom. The SMILES string of the molecule is C1=Cc2oc3ccc4c(ccc5oc6cc(-c7ccc(-c8c9ccccc9c(-c9ccccc9)c9ccccc89)cc7)ccc6c54)c3c2CC1. The molecule has 1 aliphatic rings. The smallest absolute Gasteiger partial charge is 0.136 e. The second kappa shape index (κ2) is 10.6. The van der Waals surface area contributed by atoms with Crippen LogP contribution in [-0.4, -0.2) is 0 Å². The molecule has 0 radical (unpaired) electrons. The number of furan rings is 2. The molecule has 0 spiro atoms. The molecule has 0 N–H and O–H groups in total. The van der Waals surface area contributed by atoms with Crippen molar-refractivity contribution in [1.29, 1.82) is 0 Å². The highest BCUT2D eigenvalue weighted by atomic mass is 16.3. The van der Waals surface area contributed by atoms with Crippen molar-refractivity contribution in [3.05, 3.63) is 163 Å². The first-order chi connectivity index (χ1) is 24.8. The molecule has 0 bridgehead atoms. The van der Waals surface area contributed by atoms with Crippen molar-refractivity contribution in [2.75, 3.05) is 0 Å². The first kappa shape index (κ1) is 27.6. The fraction of sp³-hybridized carbons (Fsp3) is 0.0417. The van der Waals surface area contributed by atoms with Crippen LogP contribution in [0, 0.1) is 0 Å². The average Bonchev–Trinajstić information content (AvgIpc) is 3.75. The summed E-state index contributed by atoms with van der Waals surface area (Å²) in [5.74, 6) is 0.997. The van der Waals surface area contributed by atoms with Gasteiger partial charge in [-0.1, -0.05) is 115 Å². The number of aryl methyl sites for hydroxylation is 1. The Hall–Kier alpha value is -6.38. The first-order valence-corrected chi connectivity index (χ1v) is 17.4. The Balaban J connectivity index is 1.04. The zero-order valence-corrected chi connectivity index (χ0v) is 27.2. The van der Waals surface area contributed by atoms with Gasteiger partial charge in [0.05, 0.1) is 0 Å². The zero-order valence-electron chi connectivity index (χ0n) is 27.2. The number of benzene rings is 8. The molecular weight excluding hydrogens is 609 g/mol. The van der Waals surface area contributed by atoms with E-state index in [2.05, 4.69) is 158 Å². The van der Waals surface area contributed by atoms with Crippen LogP contribution in [0.2, 0.25) is 0 Å². The van der Waals surface area contributed by atoms with Gasteiger partial charge in [-0.15, -0.1) is 0 Å². The van der Waals surface area contributed by atoms with Gasteiger partial charge in [0.2, 0.25) is 0 Å². The Labute approximate surface area is 288 Å². The largest absolute Gasteiger partial charge is 0.456 e. The Bertz CT molecular complexity index is 2950. The molecule has 2 nitrogen and oxygen atoms in total. The van der Waals surface area contributed by atoms with Crippen LogP contribution in [0.15, 0.2) is 161 Å². The summed E-state index contributed by atoms with van der Waals surface area (Å²) in [6.07, 6.45) is 6.38. The van der Waals surface area contributed by atoms with E-state index >= 15 is 0 Å². The van der Waals surface area contributed by atoms with Crippen LogP contribution in [0.1, 0.15) is 17.7 Å². The van der Waals surface area contributed by atoms with Gasteiger partial charge in [-0.3, -0.25) is 0 Å². The number of hydrogen-bond acceptors (Lipinski definition) is 2. The summed E-state index contributed by atoms with van der Waals surface area (Å²) in [6, 6.07) is 52.7. The predicted molar refractivity (Wildman–Crippen MR) is 210 cm³/mol. The number of fused-ring (bicyclic) bond motifs is 11. The second-order valence-corrected chi connectivity index (χ2v) is 13.5. The van der Waals surface area contributed by atoms with Crippen molar-refractivity contribution in [2.45, 2.75) is 12.8 Å². The van der Waals surface area contributed by atoms with E-state index in [0.717, 1.165) is 51.9 Å². The van der Waals surface area contributed by atoms with Crippen LogP contribution >= 0.6 is 0 Å². The molecule has 10 aromatic rings. The summed E-state index contributed by atoms with van der Waals surface area (Å²) < 4.78 is 12.8. The van der Waals surface area contributed by atoms with Gasteiger partial charge in [-0.25, -0.2) is 0 Å². The normalized spacial score (nSPS) is 13.0. The maximum atomic E-state index is 6.53. The quantitative estimate of drug-likeness (QED) is 0.180. The standard InChI is InChI=1S/C48H30O2/c1-2-10-30(11-3-1)45-33-12-4-6-14-35(33)46(36-15-7-5-13-34(36)45)31-20-18-29(19-21-31)32-22-23-40-44(28-32)50-43-27-25-37-38(48(40)43)24-26-42-47(37)39-16-8-9-17-41(39)49-42/h1-7,9-15,17-28H,8,16H2. The third-order valence-electron chi connectivity index (χ3n) is 10.7. The summed E-state index contributed by atoms with van der Waals surface area (Å²) in [5, 5.41) is 11.0. The van der Waals surface area contributed by atoms with E-state index in [9.17, 15) is 0 Å². The fourth-order valence-electron chi connectivity index (χ4n) is 8.52. The van der Waals surface area contributed by atoms with E-state index in [1.54, 1.807) is 0 Å². The lowest BCUT2D eigenvalue weighted by Gasteiger charge is -2.18. The number of allylic oxidation sites excluding steroid dienone is 1. The average molecular weight is 639 g/mol. The molecule has 0 fully saturated rings. The first-order valence-electron chi connectivity index (χ1n) is 17.4. The maximum absolute atomic E-state index is 6.53. The lowest BCUT2D eigenvalue weighted by atomic mass is 9.86. The molecule has 0 atom stereocenters. The molecular formula is C48H30O2. The van der Waals surface area contributed by atoms with E-state index < -0.39 is 0 Å². The molecule has 2 heteroatoms. The molecule has 11 rings (SSSR count). The Kier molecular flexibility index (Phi) is 5.82. The molecule has 1 aliphatic carbocycles. The van der Waals surface area contributed by atoms with Gasteiger partial charge >= 0.3 is 0 Å². The van der Waals surface area contributed by atoms with E-state index in [-0.39, 0.29) is 0 Å². The van der Waals surface area contributed by atoms with Crippen molar-refractivity contribution in [3.8, 4) is 33.4 Å². The molecule has 0 amide bonds. The van der Waals surface area contributed by atoms with E-state index in [0.29, 0.717) is 0 Å². The van der Waals surface area contributed by atoms with Gasteiger partial charge in [0.15, 0.2) is 0 Å². The number of rotatable bonds is 3. The van der Waals surface area contributed by atoms with Crippen LogP contribution in [-0.2, 0) is 6.42 Å². The molecule has 0 aliphatic heterocycles. The minimum Gasteiger partial charge on any atom is -0.456 e. The zero-order chi connectivity index (χ0) is 32.8. The van der Waals surface area contributed by atoms with Crippen LogP contribution in [0.5, 0.6) is 0 Å². The topological polar surface area (TPSA) is 26.3 Å². The van der Waals surface area contributed by atoms with Crippen molar-refractivity contribution >= 4 is 71.3 Å². The highest BCUT2D eigenvalue weighted by Crippen LogP contribution is 2.45. The van der Waals surface area contributed by atoms with E-state index in [4.69, 9.17) is 8.83 Å². The fourth-order valence-corrected chi connectivity index (χ4v) is 8.52. The Morgan fingerprint density at radius 3 is 1.60 bits per heavy atom. The predicted octanol–water partition coefficient (Wildman–Crippen LogP) is 13.8. The molecule has 8 aromatic carbocycles. The Morgan fingerprint density at radius 1 is 0.380 bits per heavy atom. The summed E-state index contributed by atoms with van der Waals surface area (Å²) in [7, 11) is 0. The summed E-state index contributed by atoms with van der Waals surface area (Å²) >= 11 is 0. The van der Waals surface area contributed by atoms with Gasteiger partial charge in [0, 0.05) is 21.7 Å². The van der Waals surface area contributed by atoms with Gasteiger partial charge in [0.1, 0.15) is 22.5 Å². The van der Waals surface area contributed by atoms with Crippen molar-refractivity contribution in [1.82, 2.24) is 0 Å². The van der Waals surface area contributed by atoms with Crippen LogP contribution in [0.4, 0.5) is 0 Å². The lowest BCUT2D eigenvalue weighted by Crippen LogP contribution is -1.90. The van der Waals surface area contributed by atoms with Gasteiger partial charge in [-0.05, 0) is 121 Å². The molecule has 2 heterocycles. The molecule has 0 saturated carbocycles. The highest BCUT2D eigenvalue weighted by molar-refractivity contribution is 6.24. The lowest BCUT2D eigenvalue weighted by molar-refractivity contribution is 0.595. The van der Waals surface area contributed by atoms with E-state index in [1.165, 1.54) is 70.9 Å². The molecule has 0 saturated heterocycles. The van der Waals surface area contributed by atoms with Crippen molar-refractivity contribution in [2.24, 2.45) is 0 Å². The van der Waals surface area contributed by atoms with Crippen LogP contribution < -0.4 is 0 Å². The summed E-state index contributed by atoms with van der Waals surface area (Å²) in [6.45, 7) is 0. The maximum Gasteiger partial charge on any atom is 0.136 e. The second-order valence-electron chi connectivity index (χ2n) is 13.5. The molecule has 2 aromatic heterocycles. The van der Waals surface area contributed by atoms with Crippen LogP contribution in [0.3, 0.4) is 0 Å². The molecule has 234 valence electrons. The van der Waals surface area contributed by atoms with E-state index in [1.807, 2.05) is 0 Å². The van der Waals surface area contributed by atoms with Crippen molar-refractivity contribution in [3.63, 3.8) is 0 Å². The summed E-state index contributed by atoms with van der Waals surface area (Å²) in [4.78, 5) is 0. The third kappa shape index (κ3) is 3.96. The minimum atomic E-state index is 0.903.